The van der Waals surface area contributed by atoms with Gasteiger partial charge >= 0.3 is 17.9 Å². The second-order valence-corrected chi connectivity index (χ2v) is 4.49. The van der Waals surface area contributed by atoms with Gasteiger partial charge in [-0.3, -0.25) is 9.59 Å². The van der Waals surface area contributed by atoms with Crippen molar-refractivity contribution in [2.75, 3.05) is 46.2 Å². The van der Waals surface area contributed by atoms with Crippen LogP contribution < -0.4 is 0 Å². The van der Waals surface area contributed by atoms with Gasteiger partial charge in [0, 0.05) is 12.8 Å². The van der Waals surface area contributed by atoms with E-state index in [-0.39, 0.29) is 51.8 Å². The Morgan fingerprint density at radius 2 is 1.17 bits per heavy atom. The molecule has 0 aromatic carbocycles. The van der Waals surface area contributed by atoms with Crippen LogP contribution in [-0.2, 0) is 33.3 Å². The fourth-order valence-corrected chi connectivity index (χ4v) is 1.43. The highest BCUT2D eigenvalue weighted by molar-refractivity contribution is 5.69. The zero-order chi connectivity index (χ0) is 17.3. The third-order valence-corrected chi connectivity index (χ3v) is 2.48. The van der Waals surface area contributed by atoms with Crippen LogP contribution in [0.1, 0.15) is 25.7 Å². The fraction of sp³-hybridized carbons (Fsp3) is 0.786. The summed E-state index contributed by atoms with van der Waals surface area (Å²) in [4.78, 5) is 31.7. The lowest BCUT2D eigenvalue weighted by molar-refractivity contribution is -0.146. The molecule has 0 bridgehead atoms. The average molecular weight is 336 g/mol. The zero-order valence-corrected chi connectivity index (χ0v) is 13.0. The van der Waals surface area contributed by atoms with Gasteiger partial charge in [0.1, 0.15) is 13.2 Å². The van der Waals surface area contributed by atoms with Gasteiger partial charge < -0.3 is 29.2 Å². The van der Waals surface area contributed by atoms with Crippen LogP contribution in [0.25, 0.3) is 0 Å². The lowest BCUT2D eigenvalue weighted by Gasteiger charge is -2.07. The largest absolute Gasteiger partial charge is 0.481 e. The molecule has 0 unspecified atom stereocenters. The van der Waals surface area contributed by atoms with Crippen molar-refractivity contribution >= 4 is 17.9 Å². The van der Waals surface area contributed by atoms with Crippen molar-refractivity contribution < 1.29 is 43.5 Å². The molecular formula is C14H24O9. The molecule has 0 heterocycles. The van der Waals surface area contributed by atoms with E-state index in [9.17, 15) is 14.4 Å². The van der Waals surface area contributed by atoms with Crippen molar-refractivity contribution in [3.05, 3.63) is 0 Å². The summed E-state index contributed by atoms with van der Waals surface area (Å²) in [5, 5.41) is 16.7. The summed E-state index contributed by atoms with van der Waals surface area (Å²) in [5.74, 6) is -2.27. The maximum atomic E-state index is 11.3. The van der Waals surface area contributed by atoms with E-state index < -0.39 is 11.9 Å². The molecule has 0 saturated heterocycles. The minimum absolute atomic E-state index is 0.0533. The summed E-state index contributed by atoms with van der Waals surface area (Å²) < 4.78 is 20.0. The number of carbonyl (C=O) groups is 3. The molecule has 0 rings (SSSR count). The van der Waals surface area contributed by atoms with Gasteiger partial charge in [-0.05, 0) is 12.8 Å². The molecule has 0 aromatic heterocycles. The van der Waals surface area contributed by atoms with Crippen LogP contribution in [-0.4, -0.2) is 74.4 Å². The second-order valence-electron chi connectivity index (χ2n) is 4.49. The average Bonchev–Trinajstić information content (AvgIpc) is 2.48. The number of carbonyl (C=O) groups excluding carboxylic acids is 1. The minimum atomic E-state index is -1.02. The Bertz CT molecular complexity index is 343. The summed E-state index contributed by atoms with van der Waals surface area (Å²) in [7, 11) is 0. The lowest BCUT2D eigenvalue weighted by Crippen LogP contribution is -2.15. The Morgan fingerprint density at radius 1 is 0.652 bits per heavy atom. The molecule has 0 aliphatic heterocycles. The molecule has 0 fully saturated rings. The summed E-state index contributed by atoms with van der Waals surface area (Å²) in [6, 6.07) is 0. The first-order valence-electron chi connectivity index (χ1n) is 7.35. The molecule has 134 valence electrons. The third kappa shape index (κ3) is 18.2. The molecule has 23 heavy (non-hydrogen) atoms. The van der Waals surface area contributed by atoms with Crippen molar-refractivity contribution in [3.8, 4) is 0 Å². The van der Waals surface area contributed by atoms with Crippen molar-refractivity contribution in [2.45, 2.75) is 25.7 Å². The molecule has 0 atom stereocenters. The topological polar surface area (TPSA) is 129 Å². The minimum Gasteiger partial charge on any atom is -0.481 e. The molecule has 9 heteroatoms. The molecule has 0 amide bonds. The smallest absolute Gasteiger partial charge is 0.329 e. The highest BCUT2D eigenvalue weighted by Crippen LogP contribution is 2.01. The van der Waals surface area contributed by atoms with Crippen molar-refractivity contribution in [1.29, 1.82) is 0 Å². The number of hydrogen-bond acceptors (Lipinski definition) is 7. The van der Waals surface area contributed by atoms with E-state index in [0.717, 1.165) is 0 Å². The van der Waals surface area contributed by atoms with Crippen LogP contribution in [0.15, 0.2) is 0 Å². The molecule has 0 radical (unpaired) electrons. The van der Waals surface area contributed by atoms with Crippen LogP contribution in [0.3, 0.4) is 0 Å². The molecule has 0 saturated carbocycles. The second kappa shape index (κ2) is 15.2. The first-order chi connectivity index (χ1) is 11.0. The molecule has 0 aromatic rings. The van der Waals surface area contributed by atoms with E-state index in [1.807, 2.05) is 0 Å². The Labute approximate surface area is 134 Å². The molecular weight excluding hydrogens is 312 g/mol. The predicted molar refractivity (Wildman–Crippen MR) is 77.2 cm³/mol. The normalized spacial score (nSPS) is 10.4. The van der Waals surface area contributed by atoms with Crippen LogP contribution in [0.4, 0.5) is 0 Å². The van der Waals surface area contributed by atoms with E-state index in [1.165, 1.54) is 0 Å². The van der Waals surface area contributed by atoms with E-state index in [0.29, 0.717) is 26.1 Å². The standard InChI is InChI=1S/C14H24O9/c15-12(16)3-1-2-4-14(19)23-10-9-21-6-5-20-7-8-22-11-13(17)18/h1-11H2,(H,15,16)(H,17,18). The first kappa shape index (κ1) is 21.3. The first-order valence-corrected chi connectivity index (χ1v) is 7.35. The monoisotopic (exact) mass is 336 g/mol. The number of aliphatic carboxylic acids is 2. The highest BCUT2D eigenvalue weighted by Gasteiger charge is 2.04. The SMILES string of the molecule is O=C(O)CCCCC(=O)OCCOCCOCCOCC(=O)O. The number of unbranched alkanes of at least 4 members (excludes halogenated alkanes) is 1. The Hall–Kier alpha value is -1.71. The molecule has 0 spiro atoms. The maximum Gasteiger partial charge on any atom is 0.329 e. The van der Waals surface area contributed by atoms with Crippen LogP contribution in [0.5, 0.6) is 0 Å². The van der Waals surface area contributed by atoms with Crippen LogP contribution >= 0.6 is 0 Å². The summed E-state index contributed by atoms with van der Waals surface area (Å²) in [6.07, 6.45) is 1.20. The lowest BCUT2D eigenvalue weighted by atomic mass is 10.2. The van der Waals surface area contributed by atoms with Gasteiger partial charge in [0.25, 0.3) is 0 Å². The van der Waals surface area contributed by atoms with Crippen molar-refractivity contribution in [3.63, 3.8) is 0 Å². The van der Waals surface area contributed by atoms with Crippen LogP contribution in [0, 0.1) is 0 Å². The number of hydrogen-bond donors (Lipinski definition) is 2. The molecule has 0 aliphatic carbocycles. The Morgan fingerprint density at radius 3 is 1.74 bits per heavy atom. The van der Waals surface area contributed by atoms with Crippen molar-refractivity contribution in [1.82, 2.24) is 0 Å². The van der Waals surface area contributed by atoms with Crippen LogP contribution in [0.2, 0.25) is 0 Å². The van der Waals surface area contributed by atoms with Gasteiger partial charge in [-0.2, -0.15) is 0 Å². The van der Waals surface area contributed by atoms with Gasteiger partial charge in [0.15, 0.2) is 0 Å². The molecule has 2 N–H and O–H groups in total. The van der Waals surface area contributed by atoms with Gasteiger partial charge in [0.05, 0.1) is 33.0 Å². The number of carboxylic acids is 2. The number of carboxylic acid groups (broad SMARTS) is 2. The van der Waals surface area contributed by atoms with E-state index in [4.69, 9.17) is 29.2 Å². The zero-order valence-electron chi connectivity index (χ0n) is 13.0. The highest BCUT2D eigenvalue weighted by atomic mass is 16.6. The van der Waals surface area contributed by atoms with E-state index in [2.05, 4.69) is 0 Å². The Balaban J connectivity index is 3.18. The Kier molecular flexibility index (Phi) is 14.1. The van der Waals surface area contributed by atoms with Gasteiger partial charge in [0.2, 0.25) is 0 Å². The fourth-order valence-electron chi connectivity index (χ4n) is 1.43. The maximum absolute atomic E-state index is 11.3. The van der Waals surface area contributed by atoms with Gasteiger partial charge in [-0.15, -0.1) is 0 Å². The van der Waals surface area contributed by atoms with E-state index in [1.54, 1.807) is 0 Å². The predicted octanol–water partition coefficient (Wildman–Crippen LogP) is 0.309. The third-order valence-electron chi connectivity index (χ3n) is 2.48. The van der Waals surface area contributed by atoms with Crippen molar-refractivity contribution in [2.24, 2.45) is 0 Å². The number of esters is 1. The summed E-state index contributed by atoms with van der Waals surface area (Å²) >= 11 is 0. The van der Waals surface area contributed by atoms with Gasteiger partial charge in [-0.25, -0.2) is 4.79 Å². The summed E-state index contributed by atoms with van der Waals surface area (Å²) in [6.45, 7) is 1.18. The van der Waals surface area contributed by atoms with Gasteiger partial charge in [-0.1, -0.05) is 0 Å². The number of ether oxygens (including phenoxy) is 4. The number of rotatable bonds is 16. The molecule has 0 aliphatic rings. The molecule has 9 nitrogen and oxygen atoms in total. The quantitative estimate of drug-likeness (QED) is 0.302. The summed E-state index contributed by atoms with van der Waals surface area (Å²) in [5.41, 5.74) is 0. The van der Waals surface area contributed by atoms with E-state index >= 15 is 0 Å².